The summed E-state index contributed by atoms with van der Waals surface area (Å²) in [6.07, 6.45) is 1.55. The SMILES string of the molecule is O=C1c2c(ccnc2OCc2ccccc2F)CN1Cc1ccc(Br)cc1F. The molecule has 0 saturated carbocycles. The van der Waals surface area contributed by atoms with Crippen molar-refractivity contribution in [2.75, 3.05) is 0 Å². The van der Waals surface area contributed by atoms with E-state index in [9.17, 15) is 13.6 Å². The van der Waals surface area contributed by atoms with E-state index in [1.54, 1.807) is 42.6 Å². The number of ether oxygens (including phenoxy) is 1. The summed E-state index contributed by atoms with van der Waals surface area (Å²) in [7, 11) is 0. The fraction of sp³-hybridized carbons (Fsp3) is 0.143. The summed E-state index contributed by atoms with van der Waals surface area (Å²) in [5.74, 6) is -0.889. The molecule has 0 fully saturated rings. The number of hydrogen-bond donors (Lipinski definition) is 0. The standard InChI is InChI=1S/C21H15BrF2N2O2/c22-16-6-5-13(18(24)9-16)10-26-11-14-7-8-25-20(19(14)21(26)27)28-12-15-3-1-2-4-17(15)23/h1-9H,10-12H2. The molecule has 0 bridgehead atoms. The van der Waals surface area contributed by atoms with Gasteiger partial charge in [0, 0.05) is 34.9 Å². The van der Waals surface area contributed by atoms with Crippen LogP contribution in [0.4, 0.5) is 8.78 Å². The Morgan fingerprint density at radius 1 is 1.07 bits per heavy atom. The second kappa shape index (κ2) is 7.67. The first-order chi connectivity index (χ1) is 13.5. The Labute approximate surface area is 168 Å². The smallest absolute Gasteiger partial charge is 0.260 e. The number of halogens is 3. The largest absolute Gasteiger partial charge is 0.472 e. The molecule has 4 rings (SSSR count). The molecule has 0 spiro atoms. The van der Waals surface area contributed by atoms with Crippen molar-refractivity contribution in [1.82, 2.24) is 9.88 Å². The predicted molar refractivity (Wildman–Crippen MR) is 103 cm³/mol. The molecule has 4 nitrogen and oxygen atoms in total. The molecule has 3 aromatic rings. The van der Waals surface area contributed by atoms with Gasteiger partial charge in [0.15, 0.2) is 0 Å². The van der Waals surface area contributed by atoms with Crippen LogP contribution in [-0.2, 0) is 19.7 Å². The lowest BCUT2D eigenvalue weighted by molar-refractivity contribution is 0.0761. The molecule has 0 radical (unpaired) electrons. The van der Waals surface area contributed by atoms with E-state index in [-0.39, 0.29) is 36.6 Å². The predicted octanol–water partition coefficient (Wildman–Crippen LogP) is 4.86. The first-order valence-corrected chi connectivity index (χ1v) is 9.39. The van der Waals surface area contributed by atoms with E-state index in [0.29, 0.717) is 27.7 Å². The van der Waals surface area contributed by atoms with Gasteiger partial charge in [-0.05, 0) is 29.8 Å². The van der Waals surface area contributed by atoms with Crippen LogP contribution in [0.3, 0.4) is 0 Å². The number of benzene rings is 2. The number of aromatic nitrogens is 1. The van der Waals surface area contributed by atoms with E-state index in [2.05, 4.69) is 20.9 Å². The van der Waals surface area contributed by atoms with Gasteiger partial charge in [-0.25, -0.2) is 13.8 Å². The zero-order chi connectivity index (χ0) is 19.7. The van der Waals surface area contributed by atoms with Crippen LogP contribution in [-0.4, -0.2) is 15.8 Å². The van der Waals surface area contributed by atoms with Crippen molar-refractivity contribution in [3.8, 4) is 5.88 Å². The fourth-order valence-electron chi connectivity index (χ4n) is 3.13. The number of pyridine rings is 1. The van der Waals surface area contributed by atoms with E-state index in [1.807, 2.05) is 0 Å². The fourth-order valence-corrected chi connectivity index (χ4v) is 3.46. The lowest BCUT2D eigenvalue weighted by atomic mass is 10.2. The summed E-state index contributed by atoms with van der Waals surface area (Å²) >= 11 is 3.22. The Bertz CT molecular complexity index is 1060. The quantitative estimate of drug-likeness (QED) is 0.564. The Morgan fingerprint density at radius 3 is 2.68 bits per heavy atom. The summed E-state index contributed by atoms with van der Waals surface area (Å²) in [5, 5.41) is 0. The van der Waals surface area contributed by atoms with Crippen LogP contribution in [0.5, 0.6) is 5.88 Å². The van der Waals surface area contributed by atoms with Gasteiger partial charge in [-0.15, -0.1) is 0 Å². The van der Waals surface area contributed by atoms with Crippen LogP contribution in [0.15, 0.2) is 59.2 Å². The van der Waals surface area contributed by atoms with Gasteiger partial charge in [-0.2, -0.15) is 0 Å². The minimum atomic E-state index is -0.382. The number of hydrogen-bond acceptors (Lipinski definition) is 3. The van der Waals surface area contributed by atoms with Crippen LogP contribution >= 0.6 is 15.9 Å². The number of carbonyl (C=O) groups is 1. The number of rotatable bonds is 5. The van der Waals surface area contributed by atoms with Crippen molar-refractivity contribution in [3.05, 3.63) is 93.1 Å². The third-order valence-electron chi connectivity index (χ3n) is 4.56. The van der Waals surface area contributed by atoms with Gasteiger partial charge in [0.1, 0.15) is 23.8 Å². The maximum absolute atomic E-state index is 14.1. The third kappa shape index (κ3) is 3.62. The molecule has 0 N–H and O–H groups in total. The summed E-state index contributed by atoms with van der Waals surface area (Å²) in [4.78, 5) is 18.6. The van der Waals surface area contributed by atoms with Crippen molar-refractivity contribution in [1.29, 1.82) is 0 Å². The molecule has 142 valence electrons. The topological polar surface area (TPSA) is 42.4 Å². The van der Waals surface area contributed by atoms with E-state index >= 15 is 0 Å². The van der Waals surface area contributed by atoms with Gasteiger partial charge >= 0.3 is 0 Å². The van der Waals surface area contributed by atoms with Gasteiger partial charge in [-0.3, -0.25) is 4.79 Å². The van der Waals surface area contributed by atoms with Gasteiger partial charge in [0.2, 0.25) is 5.88 Å². The lowest BCUT2D eigenvalue weighted by Gasteiger charge is -2.16. The Kier molecular flexibility index (Phi) is 5.09. The van der Waals surface area contributed by atoms with Crippen molar-refractivity contribution >= 4 is 21.8 Å². The molecular weight excluding hydrogens is 430 g/mol. The van der Waals surface area contributed by atoms with E-state index in [4.69, 9.17) is 4.74 Å². The molecule has 2 aromatic carbocycles. The van der Waals surface area contributed by atoms with Crippen molar-refractivity contribution in [2.45, 2.75) is 19.7 Å². The second-order valence-electron chi connectivity index (χ2n) is 6.43. The van der Waals surface area contributed by atoms with Crippen molar-refractivity contribution in [3.63, 3.8) is 0 Å². The van der Waals surface area contributed by atoms with Crippen LogP contribution in [0, 0.1) is 11.6 Å². The summed E-state index contributed by atoms with van der Waals surface area (Å²) < 4.78 is 34.2. The Morgan fingerprint density at radius 2 is 1.89 bits per heavy atom. The van der Waals surface area contributed by atoms with Gasteiger partial charge in [0.05, 0.1) is 0 Å². The zero-order valence-corrected chi connectivity index (χ0v) is 16.2. The van der Waals surface area contributed by atoms with Crippen molar-refractivity contribution < 1.29 is 18.3 Å². The summed E-state index contributed by atoms with van der Waals surface area (Å²) in [6.45, 7) is 0.437. The Hall–Kier alpha value is -2.80. The molecule has 28 heavy (non-hydrogen) atoms. The minimum Gasteiger partial charge on any atom is -0.472 e. The molecule has 7 heteroatoms. The normalized spacial score (nSPS) is 13.0. The third-order valence-corrected chi connectivity index (χ3v) is 5.06. The first kappa shape index (κ1) is 18.6. The zero-order valence-electron chi connectivity index (χ0n) is 14.7. The monoisotopic (exact) mass is 444 g/mol. The van der Waals surface area contributed by atoms with Crippen LogP contribution < -0.4 is 4.74 Å². The average molecular weight is 445 g/mol. The summed E-state index contributed by atoms with van der Waals surface area (Å²) in [5.41, 5.74) is 1.89. The van der Waals surface area contributed by atoms with Crippen LogP contribution in [0.2, 0.25) is 0 Å². The minimum absolute atomic E-state index is 0.0370. The van der Waals surface area contributed by atoms with E-state index in [0.717, 1.165) is 5.56 Å². The molecule has 0 aliphatic carbocycles. The van der Waals surface area contributed by atoms with Gasteiger partial charge in [0.25, 0.3) is 5.91 Å². The Balaban J connectivity index is 1.54. The molecule has 0 unspecified atom stereocenters. The van der Waals surface area contributed by atoms with E-state index in [1.165, 1.54) is 17.0 Å². The molecule has 0 saturated heterocycles. The van der Waals surface area contributed by atoms with Gasteiger partial charge in [-0.1, -0.05) is 40.2 Å². The highest BCUT2D eigenvalue weighted by molar-refractivity contribution is 9.10. The number of amides is 1. The maximum Gasteiger partial charge on any atom is 0.260 e. The number of carbonyl (C=O) groups excluding carboxylic acids is 1. The molecule has 1 amide bonds. The van der Waals surface area contributed by atoms with Crippen molar-refractivity contribution in [2.24, 2.45) is 0 Å². The highest BCUT2D eigenvalue weighted by atomic mass is 79.9. The van der Waals surface area contributed by atoms with Crippen LogP contribution in [0.1, 0.15) is 27.0 Å². The van der Waals surface area contributed by atoms with E-state index < -0.39 is 0 Å². The maximum atomic E-state index is 14.1. The molecule has 2 heterocycles. The highest BCUT2D eigenvalue weighted by Gasteiger charge is 2.32. The van der Waals surface area contributed by atoms with Crippen LogP contribution in [0.25, 0.3) is 0 Å². The lowest BCUT2D eigenvalue weighted by Crippen LogP contribution is -2.24. The highest BCUT2D eigenvalue weighted by Crippen LogP contribution is 2.31. The molecule has 0 atom stereocenters. The molecule has 1 aliphatic heterocycles. The average Bonchev–Trinajstić information content (AvgIpc) is 3.00. The molecule has 1 aliphatic rings. The van der Waals surface area contributed by atoms with Gasteiger partial charge < -0.3 is 9.64 Å². The molecule has 1 aromatic heterocycles. The number of fused-ring (bicyclic) bond motifs is 1. The molecular formula is C21H15BrF2N2O2. The summed E-state index contributed by atoms with van der Waals surface area (Å²) in [6, 6.07) is 12.8. The first-order valence-electron chi connectivity index (χ1n) is 8.60. The second-order valence-corrected chi connectivity index (χ2v) is 7.34. The number of nitrogens with zero attached hydrogens (tertiary/aromatic N) is 2.